The summed E-state index contributed by atoms with van der Waals surface area (Å²) in [5, 5.41) is 0.757. The molecule has 0 radical (unpaired) electrons. The van der Waals surface area contributed by atoms with E-state index in [1.165, 1.54) is 6.26 Å². The zero-order valence-corrected chi connectivity index (χ0v) is 16.5. The van der Waals surface area contributed by atoms with Crippen LogP contribution in [-0.4, -0.2) is 33.9 Å². The van der Waals surface area contributed by atoms with E-state index in [-0.39, 0.29) is 11.8 Å². The van der Waals surface area contributed by atoms with Gasteiger partial charge in [0.25, 0.3) is 5.91 Å². The van der Waals surface area contributed by atoms with E-state index in [0.717, 1.165) is 41.4 Å². The Morgan fingerprint density at radius 2 is 2.07 bits per heavy atom. The first-order valence-corrected chi connectivity index (χ1v) is 9.88. The number of hydrogen-bond acceptors (Lipinski definition) is 4. The Morgan fingerprint density at radius 3 is 2.86 bits per heavy atom. The molecule has 0 saturated carbocycles. The van der Waals surface area contributed by atoms with Crippen molar-refractivity contribution < 1.29 is 9.21 Å². The van der Waals surface area contributed by atoms with Crippen molar-refractivity contribution in [3.8, 4) is 0 Å². The average Bonchev–Trinajstić information content (AvgIpc) is 3.16. The SMILES string of the molecule is Cc1nc(C(=O)N2CCCC(c3cccc(Cc4ccccc4Cl)n3)C2)co1. The van der Waals surface area contributed by atoms with E-state index in [1.807, 2.05) is 41.3 Å². The molecule has 0 spiro atoms. The molecule has 28 heavy (non-hydrogen) atoms. The van der Waals surface area contributed by atoms with Crippen molar-refractivity contribution in [1.82, 2.24) is 14.9 Å². The first kappa shape index (κ1) is 18.7. The number of piperidine rings is 1. The number of hydrogen-bond donors (Lipinski definition) is 0. The Kier molecular flexibility index (Phi) is 5.44. The van der Waals surface area contributed by atoms with E-state index in [2.05, 4.69) is 11.1 Å². The Hall–Kier alpha value is -2.66. The van der Waals surface area contributed by atoms with Gasteiger partial charge in [-0.1, -0.05) is 35.9 Å². The third-order valence-electron chi connectivity index (χ3n) is 5.12. The van der Waals surface area contributed by atoms with Gasteiger partial charge in [0.15, 0.2) is 11.6 Å². The summed E-state index contributed by atoms with van der Waals surface area (Å²) in [7, 11) is 0. The highest BCUT2D eigenvalue weighted by molar-refractivity contribution is 6.31. The van der Waals surface area contributed by atoms with Crippen LogP contribution < -0.4 is 0 Å². The van der Waals surface area contributed by atoms with Crippen LogP contribution in [0.5, 0.6) is 0 Å². The predicted molar refractivity (Wildman–Crippen MR) is 108 cm³/mol. The van der Waals surface area contributed by atoms with Gasteiger partial charge in [0.1, 0.15) is 6.26 Å². The highest BCUT2D eigenvalue weighted by atomic mass is 35.5. The molecule has 1 aliphatic heterocycles. The van der Waals surface area contributed by atoms with Crippen LogP contribution in [0.15, 0.2) is 53.1 Å². The minimum Gasteiger partial charge on any atom is -0.448 e. The molecule has 144 valence electrons. The third-order valence-corrected chi connectivity index (χ3v) is 5.49. The molecule has 1 aromatic carbocycles. The molecule has 0 aliphatic carbocycles. The minimum atomic E-state index is -0.0752. The maximum absolute atomic E-state index is 12.7. The Morgan fingerprint density at radius 1 is 1.21 bits per heavy atom. The van der Waals surface area contributed by atoms with E-state index < -0.39 is 0 Å². The summed E-state index contributed by atoms with van der Waals surface area (Å²) in [6.07, 6.45) is 4.10. The number of halogens is 1. The summed E-state index contributed by atoms with van der Waals surface area (Å²) in [6.45, 7) is 3.12. The van der Waals surface area contributed by atoms with Gasteiger partial charge >= 0.3 is 0 Å². The van der Waals surface area contributed by atoms with Crippen LogP contribution in [-0.2, 0) is 6.42 Å². The lowest BCUT2D eigenvalue weighted by Gasteiger charge is -2.32. The molecule has 1 aliphatic rings. The summed E-state index contributed by atoms with van der Waals surface area (Å²) in [5.74, 6) is 0.650. The van der Waals surface area contributed by atoms with Crippen molar-refractivity contribution in [3.05, 3.63) is 82.3 Å². The molecule has 3 heterocycles. The van der Waals surface area contributed by atoms with Crippen LogP contribution in [0.4, 0.5) is 0 Å². The van der Waals surface area contributed by atoms with Gasteiger partial charge in [0, 0.05) is 48.8 Å². The molecule has 1 unspecified atom stereocenters. The summed E-state index contributed by atoms with van der Waals surface area (Å²) in [4.78, 5) is 23.6. The van der Waals surface area contributed by atoms with Crippen molar-refractivity contribution in [1.29, 1.82) is 0 Å². The molecule has 0 bridgehead atoms. The zero-order valence-electron chi connectivity index (χ0n) is 15.8. The van der Waals surface area contributed by atoms with Crippen molar-refractivity contribution in [2.24, 2.45) is 0 Å². The average molecular weight is 396 g/mol. The molecule has 2 aromatic heterocycles. The summed E-state index contributed by atoms with van der Waals surface area (Å²) >= 11 is 6.29. The maximum atomic E-state index is 12.7. The summed E-state index contributed by atoms with van der Waals surface area (Å²) in [5.41, 5.74) is 3.45. The molecule has 4 rings (SSSR count). The third kappa shape index (κ3) is 4.09. The topological polar surface area (TPSA) is 59.2 Å². The normalized spacial score (nSPS) is 16.9. The van der Waals surface area contributed by atoms with Crippen LogP contribution >= 0.6 is 11.6 Å². The van der Waals surface area contributed by atoms with Gasteiger partial charge in [-0.2, -0.15) is 0 Å². The van der Waals surface area contributed by atoms with Crippen molar-refractivity contribution in [2.75, 3.05) is 13.1 Å². The number of amides is 1. The molecular formula is C22H22ClN3O2. The lowest BCUT2D eigenvalue weighted by molar-refractivity contribution is 0.0700. The van der Waals surface area contributed by atoms with E-state index in [1.54, 1.807) is 6.92 Å². The standard InChI is InChI=1S/C22H22ClN3O2/c1-15-24-21(14-28-15)22(27)26-11-5-7-17(13-26)20-10-4-8-18(25-20)12-16-6-2-3-9-19(16)23/h2-4,6,8-10,14,17H,5,7,11-13H2,1H3. The smallest absolute Gasteiger partial charge is 0.275 e. The highest BCUT2D eigenvalue weighted by Gasteiger charge is 2.27. The number of benzene rings is 1. The quantitative estimate of drug-likeness (QED) is 0.645. The van der Waals surface area contributed by atoms with Gasteiger partial charge in [-0.3, -0.25) is 9.78 Å². The molecule has 1 atom stereocenters. The molecule has 1 saturated heterocycles. The van der Waals surface area contributed by atoms with Crippen LogP contribution in [0.2, 0.25) is 5.02 Å². The number of aryl methyl sites for hydroxylation is 1. The van der Waals surface area contributed by atoms with E-state index in [0.29, 0.717) is 24.6 Å². The number of nitrogens with zero attached hydrogens (tertiary/aromatic N) is 3. The van der Waals surface area contributed by atoms with Gasteiger partial charge in [-0.05, 0) is 36.6 Å². The molecule has 1 amide bonds. The number of carbonyl (C=O) groups is 1. The predicted octanol–water partition coefficient (Wildman–Crippen LogP) is 4.64. The second kappa shape index (κ2) is 8.15. The second-order valence-electron chi connectivity index (χ2n) is 7.16. The maximum Gasteiger partial charge on any atom is 0.275 e. The van der Waals surface area contributed by atoms with Crippen molar-refractivity contribution in [3.63, 3.8) is 0 Å². The molecule has 0 N–H and O–H groups in total. The largest absolute Gasteiger partial charge is 0.448 e. The number of oxazole rings is 1. The number of carbonyl (C=O) groups excluding carboxylic acids is 1. The first-order valence-electron chi connectivity index (χ1n) is 9.51. The van der Waals surface area contributed by atoms with Crippen LogP contribution in [0.1, 0.15) is 52.1 Å². The van der Waals surface area contributed by atoms with E-state index >= 15 is 0 Å². The Balaban J connectivity index is 1.49. The molecule has 1 fully saturated rings. The molecule has 6 heteroatoms. The van der Waals surface area contributed by atoms with E-state index in [4.69, 9.17) is 21.0 Å². The van der Waals surface area contributed by atoms with Gasteiger partial charge < -0.3 is 9.32 Å². The van der Waals surface area contributed by atoms with Crippen LogP contribution in [0.25, 0.3) is 0 Å². The number of rotatable bonds is 4. The van der Waals surface area contributed by atoms with Crippen LogP contribution in [0, 0.1) is 6.92 Å². The Labute approximate surface area is 169 Å². The fraction of sp³-hybridized carbons (Fsp3) is 0.318. The summed E-state index contributed by atoms with van der Waals surface area (Å²) in [6, 6.07) is 14.0. The molecule has 5 nitrogen and oxygen atoms in total. The fourth-order valence-corrected chi connectivity index (χ4v) is 3.89. The number of pyridine rings is 1. The monoisotopic (exact) mass is 395 g/mol. The highest BCUT2D eigenvalue weighted by Crippen LogP contribution is 2.27. The molecule has 3 aromatic rings. The number of likely N-dealkylation sites (tertiary alicyclic amines) is 1. The number of aromatic nitrogens is 2. The zero-order chi connectivity index (χ0) is 19.5. The van der Waals surface area contributed by atoms with Crippen molar-refractivity contribution in [2.45, 2.75) is 32.1 Å². The fourth-order valence-electron chi connectivity index (χ4n) is 3.69. The minimum absolute atomic E-state index is 0.0752. The van der Waals surface area contributed by atoms with Gasteiger partial charge in [-0.25, -0.2) is 4.98 Å². The lowest BCUT2D eigenvalue weighted by atomic mass is 9.93. The summed E-state index contributed by atoms with van der Waals surface area (Å²) < 4.78 is 5.19. The first-order chi connectivity index (χ1) is 13.6. The second-order valence-corrected chi connectivity index (χ2v) is 7.57. The van der Waals surface area contributed by atoms with Crippen LogP contribution in [0.3, 0.4) is 0 Å². The Bertz CT molecular complexity index is 985. The van der Waals surface area contributed by atoms with Gasteiger partial charge in [0.2, 0.25) is 0 Å². The van der Waals surface area contributed by atoms with E-state index in [9.17, 15) is 4.79 Å². The van der Waals surface area contributed by atoms with Gasteiger partial charge in [-0.15, -0.1) is 0 Å². The van der Waals surface area contributed by atoms with Gasteiger partial charge in [0.05, 0.1) is 0 Å². The van der Waals surface area contributed by atoms with Crippen molar-refractivity contribution >= 4 is 17.5 Å². The molecular weight excluding hydrogens is 374 g/mol. The lowest BCUT2D eigenvalue weighted by Crippen LogP contribution is -2.39.